The Kier molecular flexibility index (Phi) is 5.59. The van der Waals surface area contributed by atoms with Gasteiger partial charge in [0, 0.05) is 57.7 Å². The second-order valence-corrected chi connectivity index (χ2v) is 10.8. The number of carbonyl (C=O) groups excluding carboxylic acids is 2. The van der Waals surface area contributed by atoms with Crippen LogP contribution in [-0.2, 0) is 6.54 Å². The molecule has 0 bridgehead atoms. The van der Waals surface area contributed by atoms with Gasteiger partial charge in [-0.05, 0) is 52.7 Å². The first-order valence-electron chi connectivity index (χ1n) is 13.4. The minimum Gasteiger partial charge on any atom is -0.353 e. The highest BCUT2D eigenvalue weighted by Crippen LogP contribution is 2.45. The molecule has 11 heteroatoms. The van der Waals surface area contributed by atoms with Gasteiger partial charge in [0.2, 0.25) is 0 Å². The highest BCUT2D eigenvalue weighted by Gasteiger charge is 2.60. The molecule has 2 atom stereocenters. The highest BCUT2D eigenvalue weighted by molar-refractivity contribution is 6.13. The van der Waals surface area contributed by atoms with E-state index < -0.39 is 5.54 Å². The predicted octanol–water partition coefficient (Wildman–Crippen LogP) is 2.18. The summed E-state index contributed by atoms with van der Waals surface area (Å²) < 4.78 is 1.72. The van der Waals surface area contributed by atoms with Crippen LogP contribution in [0, 0.1) is 0 Å². The standard InChI is InChI=1S/C26H37N9O2/c1-6-32-15-19(28-21-14-20(23(36)30(3)4)34(7-2)29-21)22-26(31(5)16-27-22)12-13-33(24(26)32)25(37)35(17-8-9-17)18-10-11-18/h12-15,17-18,24H,6-11,16H2,1-5H3,(H,28,29). The fourth-order valence-corrected chi connectivity index (χ4v) is 5.94. The number of nitrogens with one attached hydrogen (secondary N) is 1. The van der Waals surface area contributed by atoms with E-state index in [0.717, 1.165) is 43.6 Å². The number of nitrogens with zero attached hydrogens (tertiary/aromatic N) is 8. The van der Waals surface area contributed by atoms with E-state index >= 15 is 0 Å². The average molecular weight is 508 g/mol. The summed E-state index contributed by atoms with van der Waals surface area (Å²) in [7, 11) is 5.55. The molecule has 2 fully saturated rings. The van der Waals surface area contributed by atoms with Crippen molar-refractivity contribution in [3.63, 3.8) is 0 Å². The summed E-state index contributed by atoms with van der Waals surface area (Å²) in [6.07, 6.45) is 10.4. The molecule has 2 unspecified atom stereocenters. The molecule has 5 aliphatic rings. The van der Waals surface area contributed by atoms with Crippen molar-refractivity contribution < 1.29 is 9.59 Å². The average Bonchev–Trinajstić information content (AvgIpc) is 3.80. The van der Waals surface area contributed by atoms with Crippen LogP contribution in [0.1, 0.15) is 50.0 Å². The van der Waals surface area contributed by atoms with Crippen molar-refractivity contribution in [2.75, 3.05) is 39.7 Å². The lowest BCUT2D eigenvalue weighted by molar-refractivity contribution is 0.0524. The first-order valence-corrected chi connectivity index (χ1v) is 13.4. The number of hydrogen-bond acceptors (Lipinski definition) is 7. The topological polar surface area (TPSA) is 92.5 Å². The lowest BCUT2D eigenvalue weighted by atomic mass is 9.85. The molecule has 6 rings (SSSR count). The van der Waals surface area contributed by atoms with E-state index in [1.54, 1.807) is 29.7 Å². The monoisotopic (exact) mass is 507 g/mol. The number of aryl methyl sites for hydroxylation is 1. The number of likely N-dealkylation sites (N-methyl/N-ethyl adjacent to an activating group) is 2. The van der Waals surface area contributed by atoms with Gasteiger partial charge < -0.3 is 20.0 Å². The number of aromatic nitrogens is 2. The fourth-order valence-electron chi connectivity index (χ4n) is 5.94. The van der Waals surface area contributed by atoms with Crippen molar-refractivity contribution in [1.82, 2.24) is 34.3 Å². The molecule has 1 aromatic heterocycles. The van der Waals surface area contributed by atoms with Crippen LogP contribution in [0.2, 0.25) is 0 Å². The van der Waals surface area contributed by atoms with Crippen molar-refractivity contribution in [3.05, 3.63) is 35.9 Å². The van der Waals surface area contributed by atoms with Gasteiger partial charge in [0.15, 0.2) is 5.82 Å². The third kappa shape index (κ3) is 3.65. The molecule has 3 aliphatic heterocycles. The Labute approximate surface area is 218 Å². The summed E-state index contributed by atoms with van der Waals surface area (Å²) in [5, 5.41) is 8.12. The zero-order valence-corrected chi connectivity index (χ0v) is 22.4. The Bertz CT molecular complexity index is 1200. The van der Waals surface area contributed by atoms with Crippen LogP contribution in [0.4, 0.5) is 10.6 Å². The second-order valence-electron chi connectivity index (χ2n) is 10.8. The van der Waals surface area contributed by atoms with Crippen LogP contribution in [0.25, 0.3) is 0 Å². The minimum atomic E-state index is -0.558. The Balaban J connectivity index is 1.34. The van der Waals surface area contributed by atoms with Crippen molar-refractivity contribution in [2.45, 2.75) is 69.9 Å². The van der Waals surface area contributed by atoms with Crippen LogP contribution >= 0.6 is 0 Å². The molecule has 2 saturated carbocycles. The van der Waals surface area contributed by atoms with Gasteiger partial charge in [0.25, 0.3) is 5.91 Å². The van der Waals surface area contributed by atoms with Crippen molar-refractivity contribution in [1.29, 1.82) is 0 Å². The summed E-state index contributed by atoms with van der Waals surface area (Å²) >= 11 is 0. The molecular formula is C26H37N9O2. The van der Waals surface area contributed by atoms with Crippen molar-refractivity contribution in [2.24, 2.45) is 4.99 Å². The Morgan fingerprint density at radius 2 is 1.84 bits per heavy atom. The van der Waals surface area contributed by atoms with E-state index in [4.69, 9.17) is 4.99 Å². The molecule has 1 aromatic rings. The zero-order valence-electron chi connectivity index (χ0n) is 22.4. The SMILES string of the molecule is CCN1C=C(Nc2cc(C(=O)N(C)C)n(CC)n2)C2=NCN(C)C23C=CN(C(=O)N(C2CC2)C2CC2)C13. The molecule has 0 aromatic carbocycles. The van der Waals surface area contributed by atoms with E-state index in [9.17, 15) is 9.59 Å². The molecule has 1 spiro atoms. The zero-order chi connectivity index (χ0) is 26.1. The predicted molar refractivity (Wildman–Crippen MR) is 141 cm³/mol. The maximum Gasteiger partial charge on any atom is 0.326 e. The summed E-state index contributed by atoms with van der Waals surface area (Å²) in [6, 6.07) is 2.68. The fraction of sp³-hybridized carbons (Fsp3) is 0.615. The maximum atomic E-state index is 13.9. The van der Waals surface area contributed by atoms with Crippen LogP contribution in [0.15, 0.2) is 35.2 Å². The lowest BCUT2D eigenvalue weighted by Crippen LogP contribution is -2.67. The van der Waals surface area contributed by atoms with Crippen molar-refractivity contribution >= 4 is 23.5 Å². The number of aliphatic imine (C=N–C) groups is 1. The highest BCUT2D eigenvalue weighted by atomic mass is 16.2. The molecule has 11 nitrogen and oxygen atoms in total. The van der Waals surface area contributed by atoms with Crippen LogP contribution in [0.3, 0.4) is 0 Å². The summed E-state index contributed by atoms with van der Waals surface area (Å²) in [4.78, 5) is 41.6. The minimum absolute atomic E-state index is 0.0894. The molecule has 4 heterocycles. The Morgan fingerprint density at radius 1 is 1.14 bits per heavy atom. The van der Waals surface area contributed by atoms with E-state index in [1.165, 1.54) is 0 Å². The molecule has 37 heavy (non-hydrogen) atoms. The Hall–Kier alpha value is -3.34. The quantitative estimate of drug-likeness (QED) is 0.608. The third-order valence-corrected chi connectivity index (χ3v) is 8.12. The summed E-state index contributed by atoms with van der Waals surface area (Å²) in [6.45, 7) is 5.94. The number of hydrogen-bond donors (Lipinski definition) is 1. The molecule has 2 aliphatic carbocycles. The maximum absolute atomic E-state index is 13.9. The number of anilines is 1. The smallest absolute Gasteiger partial charge is 0.326 e. The largest absolute Gasteiger partial charge is 0.353 e. The molecule has 3 amide bonds. The van der Waals surface area contributed by atoms with E-state index in [-0.39, 0.29) is 18.1 Å². The van der Waals surface area contributed by atoms with Gasteiger partial charge in [-0.1, -0.05) is 0 Å². The number of rotatable bonds is 7. The molecular weight excluding hydrogens is 470 g/mol. The van der Waals surface area contributed by atoms with Gasteiger partial charge in [-0.3, -0.25) is 24.3 Å². The first-order chi connectivity index (χ1) is 17.8. The molecule has 198 valence electrons. The van der Waals surface area contributed by atoms with Gasteiger partial charge in [-0.2, -0.15) is 5.10 Å². The van der Waals surface area contributed by atoms with Gasteiger partial charge in [0.1, 0.15) is 17.4 Å². The number of carbonyl (C=O) groups is 2. The van der Waals surface area contributed by atoms with Crippen LogP contribution in [-0.4, -0.2) is 110 Å². The van der Waals surface area contributed by atoms with Gasteiger partial charge in [0.05, 0.1) is 18.1 Å². The van der Waals surface area contributed by atoms with Gasteiger partial charge in [-0.15, -0.1) is 0 Å². The second kappa shape index (κ2) is 8.61. The van der Waals surface area contributed by atoms with Gasteiger partial charge >= 0.3 is 6.03 Å². The van der Waals surface area contributed by atoms with Crippen molar-refractivity contribution in [3.8, 4) is 0 Å². The normalized spacial score (nSPS) is 26.6. The van der Waals surface area contributed by atoms with Gasteiger partial charge in [-0.25, -0.2) is 4.79 Å². The van der Waals surface area contributed by atoms with E-state index in [2.05, 4.69) is 51.4 Å². The first kappa shape index (κ1) is 24.0. The van der Waals surface area contributed by atoms with E-state index in [0.29, 0.717) is 36.8 Å². The van der Waals surface area contributed by atoms with Crippen LogP contribution in [0.5, 0.6) is 0 Å². The molecule has 0 saturated heterocycles. The molecule has 0 radical (unpaired) electrons. The lowest BCUT2D eigenvalue weighted by Gasteiger charge is -2.49. The molecule has 1 N–H and O–H groups in total. The number of amides is 3. The number of urea groups is 1. The third-order valence-electron chi connectivity index (χ3n) is 8.12. The summed E-state index contributed by atoms with van der Waals surface area (Å²) in [5.41, 5.74) is 1.71. The summed E-state index contributed by atoms with van der Waals surface area (Å²) in [5.74, 6) is 0.511. The Morgan fingerprint density at radius 3 is 2.43 bits per heavy atom. The van der Waals surface area contributed by atoms with Crippen LogP contribution < -0.4 is 5.32 Å². The van der Waals surface area contributed by atoms with E-state index in [1.807, 2.05) is 18.0 Å².